The second-order valence-corrected chi connectivity index (χ2v) is 5.38. The van der Waals surface area contributed by atoms with Crippen LogP contribution in [0.3, 0.4) is 0 Å². The first-order valence-corrected chi connectivity index (χ1v) is 5.50. The Morgan fingerprint density at radius 3 is 2.24 bits per heavy atom. The Morgan fingerprint density at radius 2 is 1.82 bits per heavy atom. The quantitative estimate of drug-likeness (QED) is 0.578. The molecule has 0 saturated heterocycles. The molecule has 0 atom stereocenters. The number of nitrogens with zero attached hydrogens (tertiary/aromatic N) is 1. The molecule has 1 rings (SSSR count). The van der Waals surface area contributed by atoms with Crippen LogP contribution in [-0.2, 0) is 5.41 Å². The van der Waals surface area contributed by atoms with Crippen LogP contribution in [0.15, 0.2) is 12.1 Å². The average Bonchev–Trinajstić information content (AvgIpc) is 2.19. The summed E-state index contributed by atoms with van der Waals surface area (Å²) in [6.07, 6.45) is 0. The van der Waals surface area contributed by atoms with Crippen LogP contribution in [0.5, 0.6) is 5.75 Å². The van der Waals surface area contributed by atoms with Crippen molar-refractivity contribution in [1.29, 1.82) is 0 Å². The summed E-state index contributed by atoms with van der Waals surface area (Å²) >= 11 is 0. The van der Waals surface area contributed by atoms with Crippen LogP contribution in [0.1, 0.15) is 36.7 Å². The van der Waals surface area contributed by atoms with Crippen LogP contribution >= 0.6 is 0 Å². The summed E-state index contributed by atoms with van der Waals surface area (Å²) in [5.74, 6) is -0.365. The minimum atomic E-state index is -0.236. The zero-order valence-corrected chi connectivity index (χ0v) is 11.0. The SMILES string of the molecule is CN(C)C(=O)c1c(C(C)(C)C)ccc(N)c1O. The second-order valence-electron chi connectivity index (χ2n) is 5.38. The highest BCUT2D eigenvalue weighted by Gasteiger charge is 2.26. The van der Waals surface area contributed by atoms with Gasteiger partial charge in [-0.3, -0.25) is 4.79 Å². The molecule has 1 amide bonds. The van der Waals surface area contributed by atoms with Crippen LogP contribution < -0.4 is 5.73 Å². The number of rotatable bonds is 1. The van der Waals surface area contributed by atoms with Crippen LogP contribution in [-0.4, -0.2) is 30.0 Å². The molecule has 0 heterocycles. The van der Waals surface area contributed by atoms with E-state index in [0.29, 0.717) is 5.56 Å². The maximum atomic E-state index is 12.1. The Balaban J connectivity index is 3.53. The molecule has 0 aliphatic rings. The number of carbonyl (C=O) groups excluding carboxylic acids is 1. The van der Waals surface area contributed by atoms with Crippen molar-refractivity contribution in [2.24, 2.45) is 0 Å². The third-order valence-electron chi connectivity index (χ3n) is 2.64. The van der Waals surface area contributed by atoms with Gasteiger partial charge in [-0.25, -0.2) is 0 Å². The molecule has 17 heavy (non-hydrogen) atoms. The van der Waals surface area contributed by atoms with Gasteiger partial charge in [-0.05, 0) is 17.0 Å². The van der Waals surface area contributed by atoms with Gasteiger partial charge in [0.05, 0.1) is 11.3 Å². The fraction of sp³-hybridized carbons (Fsp3) is 0.462. The molecular formula is C13H20N2O2. The Morgan fingerprint density at radius 1 is 1.29 bits per heavy atom. The molecule has 0 aliphatic heterocycles. The summed E-state index contributed by atoms with van der Waals surface area (Å²) in [6, 6.07) is 3.42. The first-order valence-electron chi connectivity index (χ1n) is 5.50. The number of nitrogen functional groups attached to an aromatic ring is 1. The van der Waals surface area contributed by atoms with E-state index in [-0.39, 0.29) is 22.8 Å². The lowest BCUT2D eigenvalue weighted by Gasteiger charge is -2.25. The van der Waals surface area contributed by atoms with E-state index in [2.05, 4.69) is 0 Å². The topological polar surface area (TPSA) is 66.6 Å². The smallest absolute Gasteiger partial charge is 0.257 e. The van der Waals surface area contributed by atoms with E-state index in [9.17, 15) is 9.90 Å². The molecule has 0 unspecified atom stereocenters. The lowest BCUT2D eigenvalue weighted by molar-refractivity contribution is 0.0822. The van der Waals surface area contributed by atoms with Crippen LogP contribution in [0.25, 0.3) is 0 Å². The average molecular weight is 236 g/mol. The van der Waals surface area contributed by atoms with Gasteiger partial charge in [0.25, 0.3) is 5.91 Å². The number of nitrogens with two attached hydrogens (primary N) is 1. The Labute approximate surface area is 102 Å². The van der Waals surface area contributed by atoms with Gasteiger partial charge in [0.15, 0.2) is 5.75 Å². The Hall–Kier alpha value is -1.71. The normalized spacial score (nSPS) is 11.4. The molecule has 94 valence electrons. The largest absolute Gasteiger partial charge is 0.505 e. The van der Waals surface area contributed by atoms with E-state index in [4.69, 9.17) is 5.73 Å². The van der Waals surface area contributed by atoms with Gasteiger partial charge >= 0.3 is 0 Å². The first kappa shape index (κ1) is 13.4. The molecule has 1 aromatic rings. The van der Waals surface area contributed by atoms with Crippen molar-refractivity contribution >= 4 is 11.6 Å². The first-order chi connectivity index (χ1) is 7.66. The third-order valence-corrected chi connectivity index (χ3v) is 2.64. The van der Waals surface area contributed by atoms with Crippen molar-refractivity contribution in [3.63, 3.8) is 0 Å². The van der Waals surface area contributed by atoms with Gasteiger partial charge in [-0.2, -0.15) is 0 Å². The highest BCUT2D eigenvalue weighted by Crippen LogP contribution is 2.35. The van der Waals surface area contributed by atoms with E-state index < -0.39 is 0 Å². The van der Waals surface area contributed by atoms with Gasteiger partial charge in [0, 0.05) is 14.1 Å². The molecule has 0 bridgehead atoms. The predicted octanol–water partition coefficient (Wildman–Crippen LogP) is 1.97. The highest BCUT2D eigenvalue weighted by atomic mass is 16.3. The summed E-state index contributed by atoms with van der Waals surface area (Å²) in [5.41, 5.74) is 6.73. The van der Waals surface area contributed by atoms with Crippen molar-refractivity contribution in [3.8, 4) is 5.75 Å². The molecule has 1 aromatic carbocycles. The van der Waals surface area contributed by atoms with Gasteiger partial charge < -0.3 is 15.7 Å². The molecule has 4 nitrogen and oxygen atoms in total. The molecule has 0 saturated carbocycles. The molecule has 3 N–H and O–H groups in total. The maximum Gasteiger partial charge on any atom is 0.257 e. The summed E-state index contributed by atoms with van der Waals surface area (Å²) < 4.78 is 0. The zero-order chi connectivity index (χ0) is 13.4. The number of phenolic OH excluding ortho intramolecular Hbond substituents is 1. The number of hydrogen-bond donors (Lipinski definition) is 2. The summed E-state index contributed by atoms with van der Waals surface area (Å²) in [7, 11) is 3.30. The predicted molar refractivity (Wildman–Crippen MR) is 69.2 cm³/mol. The number of benzene rings is 1. The fourth-order valence-corrected chi connectivity index (χ4v) is 1.67. The molecule has 0 aromatic heterocycles. The second kappa shape index (κ2) is 4.28. The molecule has 0 aliphatic carbocycles. The lowest BCUT2D eigenvalue weighted by atomic mass is 9.82. The van der Waals surface area contributed by atoms with Crippen LogP contribution in [0.4, 0.5) is 5.69 Å². The van der Waals surface area contributed by atoms with Crippen LogP contribution in [0, 0.1) is 0 Å². The number of phenols is 1. The standard InChI is InChI=1S/C13H20N2O2/c1-13(2,3)8-6-7-9(14)11(16)10(8)12(17)15(4)5/h6-7,16H,14H2,1-5H3. The summed E-state index contributed by atoms with van der Waals surface area (Å²) in [5, 5.41) is 9.99. The number of aromatic hydroxyl groups is 1. The van der Waals surface area contributed by atoms with Crippen molar-refractivity contribution in [3.05, 3.63) is 23.3 Å². The molecule has 0 spiro atoms. The minimum Gasteiger partial charge on any atom is -0.505 e. The number of carbonyl (C=O) groups is 1. The zero-order valence-electron chi connectivity index (χ0n) is 11.0. The monoisotopic (exact) mass is 236 g/mol. The highest BCUT2D eigenvalue weighted by molar-refractivity contribution is 6.00. The fourth-order valence-electron chi connectivity index (χ4n) is 1.67. The van der Waals surface area contributed by atoms with Crippen molar-refractivity contribution in [2.75, 3.05) is 19.8 Å². The Kier molecular flexibility index (Phi) is 3.36. The van der Waals surface area contributed by atoms with E-state index >= 15 is 0 Å². The minimum absolute atomic E-state index is 0.129. The van der Waals surface area contributed by atoms with E-state index in [1.165, 1.54) is 4.90 Å². The number of anilines is 1. The third kappa shape index (κ3) is 2.52. The number of hydrogen-bond acceptors (Lipinski definition) is 3. The van der Waals surface area contributed by atoms with Gasteiger partial charge in [-0.15, -0.1) is 0 Å². The molecule has 4 heteroatoms. The van der Waals surface area contributed by atoms with Gasteiger partial charge in [0.2, 0.25) is 0 Å². The van der Waals surface area contributed by atoms with E-state index in [0.717, 1.165) is 5.56 Å². The van der Waals surface area contributed by atoms with Crippen molar-refractivity contribution < 1.29 is 9.90 Å². The summed E-state index contributed by atoms with van der Waals surface area (Å²) in [6.45, 7) is 5.97. The van der Waals surface area contributed by atoms with E-state index in [1.54, 1.807) is 26.2 Å². The summed E-state index contributed by atoms with van der Waals surface area (Å²) in [4.78, 5) is 13.5. The molecule has 0 fully saturated rings. The maximum absolute atomic E-state index is 12.1. The van der Waals surface area contributed by atoms with Gasteiger partial charge in [0.1, 0.15) is 0 Å². The van der Waals surface area contributed by atoms with E-state index in [1.807, 2.05) is 20.8 Å². The lowest BCUT2D eigenvalue weighted by Crippen LogP contribution is -2.26. The number of amides is 1. The van der Waals surface area contributed by atoms with Gasteiger partial charge in [-0.1, -0.05) is 26.8 Å². The molecule has 0 radical (unpaired) electrons. The van der Waals surface area contributed by atoms with Crippen LogP contribution in [0.2, 0.25) is 0 Å². The molecular weight excluding hydrogens is 216 g/mol. The Bertz CT molecular complexity index is 445. The van der Waals surface area contributed by atoms with Crippen molar-refractivity contribution in [2.45, 2.75) is 26.2 Å². The van der Waals surface area contributed by atoms with Crippen molar-refractivity contribution in [1.82, 2.24) is 4.90 Å².